The number of halogens is 1. The van der Waals surface area contributed by atoms with E-state index in [2.05, 4.69) is 12.2 Å². The number of carbonyl (C=O) groups is 1. The number of nitro groups is 1. The number of nitrogens with one attached hydrogen (secondary N) is 1. The fourth-order valence-electron chi connectivity index (χ4n) is 2.72. The molecule has 24 heavy (non-hydrogen) atoms. The molecular weight excluding hydrogens is 336 g/mol. The molecule has 1 amide bonds. The summed E-state index contributed by atoms with van der Waals surface area (Å²) in [6.45, 7) is 4.42. The maximum atomic E-state index is 12.2. The number of likely N-dealkylation sites (tertiary alicyclic amines) is 1. The third kappa shape index (κ3) is 4.80. The number of amides is 1. The lowest BCUT2D eigenvalue weighted by Crippen LogP contribution is -2.35. The second kappa shape index (κ2) is 8.27. The van der Waals surface area contributed by atoms with Crippen molar-refractivity contribution in [2.24, 2.45) is 11.1 Å². The topological polar surface area (TPSA) is 111 Å². The number of nitrogens with two attached hydrogens (primary N) is 1. The fraction of sp³-hybridized carbons (Fsp3) is 0.533. The average Bonchev–Trinajstić information content (AvgIpc) is 2.89. The minimum absolute atomic E-state index is 0. The van der Waals surface area contributed by atoms with Crippen molar-refractivity contribution in [3.8, 4) is 5.75 Å². The van der Waals surface area contributed by atoms with E-state index in [1.54, 1.807) is 6.07 Å². The van der Waals surface area contributed by atoms with Crippen LogP contribution >= 0.6 is 12.4 Å². The molecule has 0 aliphatic carbocycles. The molecule has 1 aromatic carbocycles. The van der Waals surface area contributed by atoms with Gasteiger partial charge in [0, 0.05) is 6.54 Å². The lowest BCUT2D eigenvalue weighted by Gasteiger charge is -2.22. The van der Waals surface area contributed by atoms with E-state index in [4.69, 9.17) is 10.5 Å². The quantitative estimate of drug-likeness (QED) is 0.590. The molecule has 0 aromatic heterocycles. The Kier molecular flexibility index (Phi) is 6.94. The van der Waals surface area contributed by atoms with Gasteiger partial charge >= 0.3 is 0 Å². The Labute approximate surface area is 146 Å². The number of rotatable bonds is 6. The van der Waals surface area contributed by atoms with Crippen LogP contribution in [0.1, 0.15) is 13.3 Å². The van der Waals surface area contributed by atoms with Gasteiger partial charge in [-0.3, -0.25) is 19.8 Å². The van der Waals surface area contributed by atoms with Crippen LogP contribution in [-0.4, -0.2) is 49.0 Å². The Morgan fingerprint density at radius 1 is 1.54 bits per heavy atom. The number of ether oxygens (including phenoxy) is 1. The normalized spacial score (nSPS) is 20.3. The summed E-state index contributed by atoms with van der Waals surface area (Å²) < 4.78 is 4.97. The summed E-state index contributed by atoms with van der Waals surface area (Å²) in [6, 6.07) is 4.34. The largest absolute Gasteiger partial charge is 0.496 e. The molecule has 1 saturated heterocycles. The molecule has 0 radical (unpaired) electrons. The molecule has 9 heteroatoms. The molecule has 134 valence electrons. The van der Waals surface area contributed by atoms with Crippen molar-refractivity contribution in [1.82, 2.24) is 4.90 Å². The molecule has 1 aromatic rings. The fourth-order valence-corrected chi connectivity index (χ4v) is 2.72. The zero-order chi connectivity index (χ0) is 17.0. The standard InChI is InChI=1S/C15H22N4O4.ClH/c1-15(9-16)5-6-18(10-15)8-14(20)17-12-4-3-11(23-2)7-13(12)19(21)22;/h3-4,7H,5-6,8-10,16H2,1-2H3,(H,17,20);1H. The van der Waals surface area contributed by atoms with Crippen LogP contribution < -0.4 is 15.8 Å². The summed E-state index contributed by atoms with van der Waals surface area (Å²) in [5.41, 5.74) is 5.76. The summed E-state index contributed by atoms with van der Waals surface area (Å²) in [5, 5.41) is 13.7. The van der Waals surface area contributed by atoms with Crippen LogP contribution in [0.15, 0.2) is 18.2 Å². The number of hydrogen-bond acceptors (Lipinski definition) is 6. The van der Waals surface area contributed by atoms with E-state index in [-0.39, 0.29) is 41.6 Å². The van der Waals surface area contributed by atoms with Gasteiger partial charge in [0.2, 0.25) is 5.91 Å². The maximum Gasteiger partial charge on any atom is 0.296 e. The summed E-state index contributed by atoms with van der Waals surface area (Å²) in [5.74, 6) is 0.0903. The maximum absolute atomic E-state index is 12.2. The Balaban J connectivity index is 0.00000288. The summed E-state index contributed by atoms with van der Waals surface area (Å²) >= 11 is 0. The third-order valence-corrected chi connectivity index (χ3v) is 4.17. The SMILES string of the molecule is COc1ccc(NC(=O)CN2CCC(C)(CN)C2)c([N+](=O)[O-])c1.Cl. The lowest BCUT2D eigenvalue weighted by molar-refractivity contribution is -0.384. The molecule has 1 aliphatic rings. The van der Waals surface area contributed by atoms with E-state index >= 15 is 0 Å². The Morgan fingerprint density at radius 3 is 2.79 bits per heavy atom. The first-order valence-corrected chi connectivity index (χ1v) is 7.41. The van der Waals surface area contributed by atoms with E-state index < -0.39 is 4.92 Å². The van der Waals surface area contributed by atoms with Gasteiger partial charge in [0.15, 0.2) is 0 Å². The van der Waals surface area contributed by atoms with Crippen molar-refractivity contribution in [2.75, 3.05) is 38.6 Å². The van der Waals surface area contributed by atoms with Gasteiger partial charge in [-0.15, -0.1) is 12.4 Å². The highest BCUT2D eigenvalue weighted by Gasteiger charge is 2.33. The van der Waals surface area contributed by atoms with Crippen molar-refractivity contribution in [2.45, 2.75) is 13.3 Å². The van der Waals surface area contributed by atoms with Crippen LogP contribution in [0.3, 0.4) is 0 Å². The van der Waals surface area contributed by atoms with Gasteiger partial charge in [-0.1, -0.05) is 6.92 Å². The molecular formula is C15H23ClN4O4. The van der Waals surface area contributed by atoms with Gasteiger partial charge in [0.25, 0.3) is 5.69 Å². The van der Waals surface area contributed by atoms with Crippen LogP contribution in [0.4, 0.5) is 11.4 Å². The second-order valence-electron chi connectivity index (χ2n) is 6.16. The number of hydrogen-bond donors (Lipinski definition) is 2. The van der Waals surface area contributed by atoms with Gasteiger partial charge in [-0.05, 0) is 37.1 Å². The monoisotopic (exact) mass is 358 g/mol. The first-order chi connectivity index (χ1) is 10.9. The van der Waals surface area contributed by atoms with E-state index in [9.17, 15) is 14.9 Å². The van der Waals surface area contributed by atoms with Crippen LogP contribution in [0.25, 0.3) is 0 Å². The Hall–Kier alpha value is -1.90. The van der Waals surface area contributed by atoms with Crippen LogP contribution in [0.5, 0.6) is 5.75 Å². The van der Waals surface area contributed by atoms with Gasteiger partial charge in [-0.2, -0.15) is 0 Å². The zero-order valence-corrected chi connectivity index (χ0v) is 14.6. The number of nitrogens with zero attached hydrogens (tertiary/aromatic N) is 2. The van der Waals surface area contributed by atoms with Crippen LogP contribution in [0.2, 0.25) is 0 Å². The van der Waals surface area contributed by atoms with Crippen molar-refractivity contribution in [3.05, 3.63) is 28.3 Å². The average molecular weight is 359 g/mol. The van der Waals surface area contributed by atoms with Crippen molar-refractivity contribution in [3.63, 3.8) is 0 Å². The predicted octanol–water partition coefficient (Wildman–Crippen LogP) is 1.63. The van der Waals surface area contributed by atoms with E-state index in [0.29, 0.717) is 12.3 Å². The minimum Gasteiger partial charge on any atom is -0.496 e. The number of methoxy groups -OCH3 is 1. The predicted molar refractivity (Wildman–Crippen MR) is 93.7 cm³/mol. The van der Waals surface area contributed by atoms with Crippen molar-refractivity contribution >= 4 is 29.7 Å². The first kappa shape index (κ1) is 20.1. The Bertz CT molecular complexity index is 613. The summed E-state index contributed by atoms with van der Waals surface area (Å²) in [4.78, 5) is 24.7. The van der Waals surface area contributed by atoms with Crippen LogP contribution in [0, 0.1) is 15.5 Å². The molecule has 0 saturated carbocycles. The smallest absolute Gasteiger partial charge is 0.296 e. The highest BCUT2D eigenvalue weighted by atomic mass is 35.5. The minimum atomic E-state index is -0.542. The zero-order valence-electron chi connectivity index (χ0n) is 13.8. The van der Waals surface area contributed by atoms with Gasteiger partial charge in [0.05, 0.1) is 24.6 Å². The van der Waals surface area contributed by atoms with E-state index in [0.717, 1.165) is 19.5 Å². The third-order valence-electron chi connectivity index (χ3n) is 4.17. The first-order valence-electron chi connectivity index (χ1n) is 7.41. The van der Waals surface area contributed by atoms with E-state index in [1.807, 2.05) is 4.90 Å². The van der Waals surface area contributed by atoms with E-state index in [1.165, 1.54) is 19.2 Å². The summed E-state index contributed by atoms with van der Waals surface area (Å²) in [7, 11) is 1.43. The van der Waals surface area contributed by atoms with Gasteiger partial charge < -0.3 is 15.8 Å². The highest BCUT2D eigenvalue weighted by molar-refractivity contribution is 5.94. The number of nitro benzene ring substituents is 1. The highest BCUT2D eigenvalue weighted by Crippen LogP contribution is 2.30. The molecule has 3 N–H and O–H groups in total. The number of anilines is 1. The molecule has 1 heterocycles. The molecule has 2 rings (SSSR count). The summed E-state index contributed by atoms with van der Waals surface area (Å²) in [6.07, 6.45) is 0.944. The molecule has 1 unspecified atom stereocenters. The molecule has 0 bridgehead atoms. The van der Waals surface area contributed by atoms with Gasteiger partial charge in [0.1, 0.15) is 11.4 Å². The lowest BCUT2D eigenvalue weighted by atomic mass is 9.90. The molecule has 1 fully saturated rings. The van der Waals surface area contributed by atoms with Gasteiger partial charge in [-0.25, -0.2) is 0 Å². The molecule has 1 atom stereocenters. The number of benzene rings is 1. The number of carbonyl (C=O) groups excluding carboxylic acids is 1. The van der Waals surface area contributed by atoms with Crippen molar-refractivity contribution < 1.29 is 14.5 Å². The molecule has 8 nitrogen and oxygen atoms in total. The molecule has 1 aliphatic heterocycles. The molecule has 0 spiro atoms. The van der Waals surface area contributed by atoms with Crippen LogP contribution in [-0.2, 0) is 4.79 Å². The Morgan fingerprint density at radius 2 is 2.25 bits per heavy atom. The van der Waals surface area contributed by atoms with Crippen molar-refractivity contribution in [1.29, 1.82) is 0 Å². The second-order valence-corrected chi connectivity index (χ2v) is 6.16.